The van der Waals surface area contributed by atoms with Gasteiger partial charge < -0.3 is 11.1 Å². The molecule has 76 valence electrons. The maximum Gasteiger partial charge on any atom is 0.191 e. The Hall–Kier alpha value is -1.23. The summed E-state index contributed by atoms with van der Waals surface area (Å²) in [5.74, 6) is 0.813. The monoisotopic (exact) mass is 211 g/mol. The minimum Gasteiger partial charge on any atom is -0.379 e. The average molecular weight is 211 g/mol. The zero-order valence-electron chi connectivity index (χ0n) is 8.16. The molecule has 0 bridgehead atoms. The van der Waals surface area contributed by atoms with E-state index in [9.17, 15) is 0 Å². The molecular formula is C9H15N4S+. The molecule has 1 aromatic heterocycles. The number of nitrogens with two attached hydrogens (primary N) is 1. The maximum atomic E-state index is 7.02. The van der Waals surface area contributed by atoms with Crippen molar-refractivity contribution in [3.05, 3.63) is 24.5 Å². The Bertz CT molecular complexity index is 313. The number of thioether (sulfide) groups is 1. The summed E-state index contributed by atoms with van der Waals surface area (Å²) in [4.78, 5) is 0. The molecule has 0 fully saturated rings. The van der Waals surface area contributed by atoms with Crippen LogP contribution in [0, 0.1) is 5.41 Å². The Morgan fingerprint density at radius 3 is 3.14 bits per heavy atom. The topological polar surface area (TPSA) is 65.8 Å². The SMILES string of the molecule is C[n+]1cccc(NCCSC(=N)N)c1. The molecule has 4 nitrogen and oxygen atoms in total. The average Bonchev–Trinajstić information content (AvgIpc) is 2.12. The first-order chi connectivity index (χ1) is 6.68. The van der Waals surface area contributed by atoms with Gasteiger partial charge in [0.2, 0.25) is 0 Å². The predicted molar refractivity (Wildman–Crippen MR) is 60.5 cm³/mol. The Balaban J connectivity index is 2.28. The number of amidine groups is 1. The standard InChI is InChI=1S/C9H15N4S/c1-13-5-2-3-8(7-13)12-4-6-14-9(10)11/h2-3,5,7,12H,4,6H2,1H3,(H3,10,11)/q+1. The van der Waals surface area contributed by atoms with Crippen molar-refractivity contribution < 1.29 is 4.57 Å². The molecule has 14 heavy (non-hydrogen) atoms. The number of rotatable bonds is 4. The molecule has 0 aliphatic carbocycles. The van der Waals surface area contributed by atoms with E-state index >= 15 is 0 Å². The van der Waals surface area contributed by atoms with Gasteiger partial charge in [-0.15, -0.1) is 0 Å². The minimum atomic E-state index is 0.172. The van der Waals surface area contributed by atoms with Crippen molar-refractivity contribution in [2.45, 2.75) is 0 Å². The molecule has 4 N–H and O–H groups in total. The lowest BCUT2D eigenvalue weighted by Crippen LogP contribution is -2.26. The second-order valence-electron chi connectivity index (χ2n) is 2.90. The highest BCUT2D eigenvalue weighted by Gasteiger charge is 1.96. The van der Waals surface area contributed by atoms with Gasteiger partial charge in [0, 0.05) is 18.4 Å². The first kappa shape index (κ1) is 10.8. The van der Waals surface area contributed by atoms with Crippen LogP contribution in [-0.2, 0) is 7.05 Å². The van der Waals surface area contributed by atoms with Gasteiger partial charge in [-0.2, -0.15) is 0 Å². The first-order valence-corrected chi connectivity index (χ1v) is 5.33. The van der Waals surface area contributed by atoms with E-state index in [1.54, 1.807) is 0 Å². The third-order valence-corrected chi connectivity index (χ3v) is 2.35. The number of anilines is 1. The van der Waals surface area contributed by atoms with Crippen molar-refractivity contribution in [1.29, 1.82) is 5.41 Å². The summed E-state index contributed by atoms with van der Waals surface area (Å²) in [6.45, 7) is 0.814. The number of hydrogen-bond donors (Lipinski definition) is 3. The van der Waals surface area contributed by atoms with Crippen LogP contribution in [0.5, 0.6) is 0 Å². The van der Waals surface area contributed by atoms with Crippen molar-refractivity contribution in [1.82, 2.24) is 0 Å². The Labute approximate surface area is 88.0 Å². The van der Waals surface area contributed by atoms with Gasteiger partial charge in [-0.25, -0.2) is 4.57 Å². The molecule has 0 saturated heterocycles. The van der Waals surface area contributed by atoms with Gasteiger partial charge in [0.25, 0.3) is 0 Å². The fourth-order valence-electron chi connectivity index (χ4n) is 1.05. The summed E-state index contributed by atoms with van der Waals surface area (Å²) >= 11 is 1.35. The Kier molecular flexibility index (Phi) is 4.25. The number of pyridine rings is 1. The van der Waals surface area contributed by atoms with E-state index in [0.717, 1.165) is 18.0 Å². The van der Waals surface area contributed by atoms with Gasteiger partial charge >= 0.3 is 0 Å². The first-order valence-electron chi connectivity index (χ1n) is 4.34. The van der Waals surface area contributed by atoms with E-state index in [-0.39, 0.29) is 5.17 Å². The van der Waals surface area contributed by atoms with Gasteiger partial charge in [-0.05, 0) is 6.07 Å². The number of nitrogens with one attached hydrogen (secondary N) is 2. The fraction of sp³-hybridized carbons (Fsp3) is 0.333. The molecule has 1 rings (SSSR count). The maximum absolute atomic E-state index is 7.02. The van der Waals surface area contributed by atoms with Gasteiger partial charge in [-0.1, -0.05) is 11.8 Å². The molecule has 5 heteroatoms. The summed E-state index contributed by atoms with van der Waals surface area (Å²) in [5.41, 5.74) is 6.29. The summed E-state index contributed by atoms with van der Waals surface area (Å²) in [5, 5.41) is 10.4. The molecule has 0 atom stereocenters. The van der Waals surface area contributed by atoms with E-state index in [4.69, 9.17) is 11.1 Å². The lowest BCUT2D eigenvalue weighted by Gasteiger charge is -2.03. The second kappa shape index (κ2) is 5.49. The zero-order valence-corrected chi connectivity index (χ0v) is 8.97. The van der Waals surface area contributed by atoms with Crippen LogP contribution >= 0.6 is 11.8 Å². The highest BCUT2D eigenvalue weighted by atomic mass is 32.2. The minimum absolute atomic E-state index is 0.172. The van der Waals surface area contributed by atoms with Crippen molar-refractivity contribution in [3.8, 4) is 0 Å². The molecule has 0 spiro atoms. The van der Waals surface area contributed by atoms with Crippen LogP contribution in [-0.4, -0.2) is 17.5 Å². The van der Waals surface area contributed by atoms with Gasteiger partial charge in [0.1, 0.15) is 7.05 Å². The third-order valence-electron chi connectivity index (χ3n) is 1.63. The number of hydrogen-bond acceptors (Lipinski definition) is 3. The summed E-state index contributed by atoms with van der Waals surface area (Å²) in [7, 11) is 1.98. The zero-order chi connectivity index (χ0) is 10.4. The molecule has 0 aromatic carbocycles. The molecular weight excluding hydrogens is 196 g/mol. The molecule has 0 aliphatic heterocycles. The molecule has 1 aromatic rings. The van der Waals surface area contributed by atoms with Gasteiger partial charge in [-0.3, -0.25) is 5.41 Å². The van der Waals surface area contributed by atoms with E-state index < -0.39 is 0 Å². The third kappa shape index (κ3) is 4.13. The van der Waals surface area contributed by atoms with Crippen LogP contribution in [0.1, 0.15) is 0 Å². The lowest BCUT2D eigenvalue weighted by atomic mass is 10.4. The van der Waals surface area contributed by atoms with Crippen LogP contribution in [0.25, 0.3) is 0 Å². The van der Waals surface area contributed by atoms with Crippen molar-refractivity contribution in [3.63, 3.8) is 0 Å². The number of nitrogens with zero attached hydrogens (tertiary/aromatic N) is 1. The molecule has 0 amide bonds. The summed E-state index contributed by atoms with van der Waals surface area (Å²) in [6, 6.07) is 4.00. The van der Waals surface area contributed by atoms with E-state index in [1.807, 2.05) is 36.1 Å². The summed E-state index contributed by atoms with van der Waals surface area (Å²) < 4.78 is 1.99. The van der Waals surface area contributed by atoms with E-state index in [1.165, 1.54) is 11.8 Å². The van der Waals surface area contributed by atoms with Gasteiger partial charge in [0.15, 0.2) is 17.6 Å². The van der Waals surface area contributed by atoms with Crippen LogP contribution in [0.2, 0.25) is 0 Å². The number of aromatic nitrogens is 1. The smallest absolute Gasteiger partial charge is 0.191 e. The normalized spacial score (nSPS) is 9.79. The fourth-order valence-corrected chi connectivity index (χ4v) is 1.47. The molecule has 0 radical (unpaired) electrons. The molecule has 0 aliphatic rings. The Morgan fingerprint density at radius 1 is 1.71 bits per heavy atom. The van der Waals surface area contributed by atoms with Crippen LogP contribution < -0.4 is 15.6 Å². The van der Waals surface area contributed by atoms with Crippen LogP contribution in [0.3, 0.4) is 0 Å². The van der Waals surface area contributed by atoms with Crippen molar-refractivity contribution >= 4 is 22.6 Å². The number of aryl methyl sites for hydroxylation is 1. The molecule has 0 unspecified atom stereocenters. The van der Waals surface area contributed by atoms with Crippen molar-refractivity contribution in [2.75, 3.05) is 17.6 Å². The van der Waals surface area contributed by atoms with Crippen LogP contribution in [0.15, 0.2) is 24.5 Å². The predicted octanol–water partition coefficient (Wildman–Crippen LogP) is 0.550. The quantitative estimate of drug-likeness (QED) is 0.295. The highest BCUT2D eigenvalue weighted by molar-refractivity contribution is 8.13. The highest BCUT2D eigenvalue weighted by Crippen LogP contribution is 2.02. The van der Waals surface area contributed by atoms with Gasteiger partial charge in [0.05, 0.1) is 5.69 Å². The summed E-state index contributed by atoms with van der Waals surface area (Å²) in [6.07, 6.45) is 3.99. The van der Waals surface area contributed by atoms with E-state index in [2.05, 4.69) is 5.32 Å². The Morgan fingerprint density at radius 2 is 2.50 bits per heavy atom. The van der Waals surface area contributed by atoms with Crippen molar-refractivity contribution in [2.24, 2.45) is 12.8 Å². The lowest BCUT2D eigenvalue weighted by molar-refractivity contribution is -0.670. The van der Waals surface area contributed by atoms with Crippen LogP contribution in [0.4, 0.5) is 5.69 Å². The largest absolute Gasteiger partial charge is 0.379 e. The molecule has 0 saturated carbocycles. The molecule has 1 heterocycles. The second-order valence-corrected chi connectivity index (χ2v) is 4.03. The van der Waals surface area contributed by atoms with E-state index in [0.29, 0.717) is 0 Å².